The van der Waals surface area contributed by atoms with Gasteiger partial charge in [-0.3, -0.25) is 0 Å². The zero-order chi connectivity index (χ0) is 17.9. The van der Waals surface area contributed by atoms with Crippen molar-refractivity contribution in [1.82, 2.24) is 10.6 Å². The Morgan fingerprint density at radius 2 is 2.12 bits per heavy atom. The molecule has 134 valence electrons. The first-order valence-electron chi connectivity index (χ1n) is 8.13. The molecular formula is C19H25N3O3. The standard InChI is InChI=1S/C19H25N3O3/c1-4-10-20-19(21-11-9-16-6-5-12-25-16)22-14-15-7-8-17(23-2)13-18(15)24-3/h4-8,12-13H,1,9-11,14H2,2-3H3,(H2,20,21,22). The Kier molecular flexibility index (Phi) is 7.43. The van der Waals surface area contributed by atoms with E-state index in [2.05, 4.69) is 22.2 Å². The van der Waals surface area contributed by atoms with E-state index in [4.69, 9.17) is 13.9 Å². The normalized spacial score (nSPS) is 11.0. The van der Waals surface area contributed by atoms with Crippen molar-refractivity contribution in [2.24, 2.45) is 4.99 Å². The van der Waals surface area contributed by atoms with Crippen molar-refractivity contribution in [3.8, 4) is 11.5 Å². The lowest BCUT2D eigenvalue weighted by Crippen LogP contribution is -2.38. The topological polar surface area (TPSA) is 68.0 Å². The first-order valence-corrected chi connectivity index (χ1v) is 8.13. The van der Waals surface area contributed by atoms with Gasteiger partial charge in [-0.25, -0.2) is 4.99 Å². The van der Waals surface area contributed by atoms with Crippen LogP contribution in [0, 0.1) is 0 Å². The number of rotatable bonds is 9. The van der Waals surface area contributed by atoms with E-state index in [1.165, 1.54) is 0 Å². The van der Waals surface area contributed by atoms with Gasteiger partial charge in [-0.05, 0) is 24.3 Å². The molecule has 0 spiro atoms. The van der Waals surface area contributed by atoms with Crippen molar-refractivity contribution in [3.05, 3.63) is 60.6 Å². The fourth-order valence-electron chi connectivity index (χ4n) is 2.25. The molecule has 1 aromatic heterocycles. The number of furan rings is 1. The van der Waals surface area contributed by atoms with Gasteiger partial charge in [0.05, 0.1) is 27.0 Å². The molecule has 0 saturated carbocycles. The molecule has 1 heterocycles. The summed E-state index contributed by atoms with van der Waals surface area (Å²) < 4.78 is 16.0. The Morgan fingerprint density at radius 1 is 1.24 bits per heavy atom. The number of benzene rings is 1. The summed E-state index contributed by atoms with van der Waals surface area (Å²) >= 11 is 0. The molecule has 0 radical (unpaired) electrons. The Hall–Kier alpha value is -2.89. The smallest absolute Gasteiger partial charge is 0.191 e. The summed E-state index contributed by atoms with van der Waals surface area (Å²) in [6.07, 6.45) is 4.25. The monoisotopic (exact) mass is 343 g/mol. The summed E-state index contributed by atoms with van der Waals surface area (Å²) in [5.74, 6) is 3.16. The van der Waals surface area contributed by atoms with Crippen LogP contribution in [0.5, 0.6) is 11.5 Å². The minimum Gasteiger partial charge on any atom is -0.497 e. The number of hydrogen-bond acceptors (Lipinski definition) is 4. The molecule has 25 heavy (non-hydrogen) atoms. The second-order valence-corrected chi connectivity index (χ2v) is 5.27. The molecule has 0 atom stereocenters. The summed E-state index contributed by atoms with van der Waals surface area (Å²) in [6, 6.07) is 9.55. The zero-order valence-corrected chi connectivity index (χ0v) is 14.7. The average Bonchev–Trinajstić information content (AvgIpc) is 3.16. The van der Waals surface area contributed by atoms with Crippen LogP contribution < -0.4 is 20.1 Å². The predicted molar refractivity (Wildman–Crippen MR) is 99.3 cm³/mol. The molecule has 2 N–H and O–H groups in total. The first kappa shape index (κ1) is 18.4. The zero-order valence-electron chi connectivity index (χ0n) is 14.7. The third-order valence-electron chi connectivity index (χ3n) is 3.56. The van der Waals surface area contributed by atoms with Crippen molar-refractivity contribution >= 4 is 5.96 Å². The highest BCUT2D eigenvalue weighted by atomic mass is 16.5. The van der Waals surface area contributed by atoms with Crippen LogP contribution in [-0.2, 0) is 13.0 Å². The van der Waals surface area contributed by atoms with Gasteiger partial charge in [0.15, 0.2) is 5.96 Å². The van der Waals surface area contributed by atoms with Crippen LogP contribution in [0.15, 0.2) is 58.7 Å². The summed E-state index contributed by atoms with van der Waals surface area (Å²) in [5, 5.41) is 6.49. The minimum absolute atomic E-state index is 0.487. The number of ether oxygens (including phenoxy) is 2. The average molecular weight is 343 g/mol. The first-order chi connectivity index (χ1) is 12.3. The van der Waals surface area contributed by atoms with Crippen LogP contribution in [-0.4, -0.2) is 33.3 Å². The Bertz CT molecular complexity index is 681. The third-order valence-corrected chi connectivity index (χ3v) is 3.56. The van der Waals surface area contributed by atoms with Crippen molar-refractivity contribution in [3.63, 3.8) is 0 Å². The molecule has 0 bridgehead atoms. The van der Waals surface area contributed by atoms with Gasteiger partial charge in [0.1, 0.15) is 17.3 Å². The summed E-state index contributed by atoms with van der Waals surface area (Å²) in [6.45, 7) is 5.56. The Morgan fingerprint density at radius 3 is 2.80 bits per heavy atom. The van der Waals surface area contributed by atoms with E-state index in [0.29, 0.717) is 19.0 Å². The Labute approximate surface area is 148 Å². The number of hydrogen-bond donors (Lipinski definition) is 2. The van der Waals surface area contributed by atoms with Gasteiger partial charge in [0.2, 0.25) is 0 Å². The lowest BCUT2D eigenvalue weighted by atomic mass is 10.2. The molecule has 0 aliphatic heterocycles. The van der Waals surface area contributed by atoms with Crippen molar-refractivity contribution < 1.29 is 13.9 Å². The molecule has 0 fully saturated rings. The van der Waals surface area contributed by atoms with Gasteiger partial charge in [-0.15, -0.1) is 6.58 Å². The molecule has 6 heteroatoms. The van der Waals surface area contributed by atoms with E-state index >= 15 is 0 Å². The van der Waals surface area contributed by atoms with Crippen LogP contribution in [0.4, 0.5) is 0 Å². The van der Waals surface area contributed by atoms with Gasteiger partial charge < -0.3 is 24.5 Å². The molecule has 0 amide bonds. The van der Waals surface area contributed by atoms with Gasteiger partial charge >= 0.3 is 0 Å². The van der Waals surface area contributed by atoms with E-state index in [9.17, 15) is 0 Å². The Balaban J connectivity index is 1.99. The van der Waals surface area contributed by atoms with Crippen LogP contribution >= 0.6 is 0 Å². The van der Waals surface area contributed by atoms with Crippen LogP contribution in [0.1, 0.15) is 11.3 Å². The molecule has 0 aliphatic rings. The van der Waals surface area contributed by atoms with Crippen LogP contribution in [0.25, 0.3) is 0 Å². The molecule has 0 saturated heterocycles. The van der Waals surface area contributed by atoms with Crippen LogP contribution in [0.2, 0.25) is 0 Å². The molecule has 2 rings (SSSR count). The second kappa shape index (κ2) is 10.1. The lowest BCUT2D eigenvalue weighted by molar-refractivity contribution is 0.391. The molecule has 6 nitrogen and oxygen atoms in total. The van der Waals surface area contributed by atoms with E-state index in [0.717, 1.165) is 35.8 Å². The summed E-state index contributed by atoms with van der Waals surface area (Å²) in [5.41, 5.74) is 0.981. The third kappa shape index (κ3) is 5.91. The minimum atomic E-state index is 0.487. The fraction of sp³-hybridized carbons (Fsp3) is 0.316. The number of nitrogens with one attached hydrogen (secondary N) is 2. The highest BCUT2D eigenvalue weighted by Gasteiger charge is 2.05. The quantitative estimate of drug-likeness (QED) is 0.416. The lowest BCUT2D eigenvalue weighted by Gasteiger charge is -2.12. The maximum Gasteiger partial charge on any atom is 0.191 e. The van der Waals surface area contributed by atoms with Crippen LogP contribution in [0.3, 0.4) is 0 Å². The summed E-state index contributed by atoms with van der Waals surface area (Å²) in [7, 11) is 3.27. The van der Waals surface area contributed by atoms with Crippen molar-refractivity contribution in [2.75, 3.05) is 27.3 Å². The van der Waals surface area contributed by atoms with Gasteiger partial charge in [0.25, 0.3) is 0 Å². The molecule has 0 unspecified atom stereocenters. The van der Waals surface area contributed by atoms with E-state index < -0.39 is 0 Å². The maximum atomic E-state index is 5.41. The number of nitrogens with zero attached hydrogens (tertiary/aromatic N) is 1. The van der Waals surface area contributed by atoms with E-state index in [-0.39, 0.29) is 0 Å². The second-order valence-electron chi connectivity index (χ2n) is 5.27. The van der Waals surface area contributed by atoms with Crippen molar-refractivity contribution in [2.45, 2.75) is 13.0 Å². The molecular weight excluding hydrogens is 318 g/mol. The largest absolute Gasteiger partial charge is 0.497 e. The van der Waals surface area contributed by atoms with Gasteiger partial charge in [0, 0.05) is 31.1 Å². The number of guanidine groups is 1. The SMILES string of the molecule is C=CCNC(=NCc1ccc(OC)cc1OC)NCCc1ccco1. The van der Waals surface area contributed by atoms with Crippen molar-refractivity contribution in [1.29, 1.82) is 0 Å². The number of aliphatic imine (C=N–C) groups is 1. The number of methoxy groups -OCH3 is 2. The molecule has 0 aliphatic carbocycles. The van der Waals surface area contributed by atoms with E-state index in [1.807, 2.05) is 30.3 Å². The fourth-order valence-corrected chi connectivity index (χ4v) is 2.25. The maximum absolute atomic E-state index is 5.41. The highest BCUT2D eigenvalue weighted by Crippen LogP contribution is 2.25. The van der Waals surface area contributed by atoms with Gasteiger partial charge in [-0.1, -0.05) is 6.08 Å². The molecule has 1 aromatic carbocycles. The highest BCUT2D eigenvalue weighted by molar-refractivity contribution is 5.80. The molecule has 2 aromatic rings. The van der Waals surface area contributed by atoms with Gasteiger partial charge in [-0.2, -0.15) is 0 Å². The van der Waals surface area contributed by atoms with E-state index in [1.54, 1.807) is 26.6 Å². The predicted octanol–water partition coefficient (Wildman–Crippen LogP) is 2.76. The summed E-state index contributed by atoms with van der Waals surface area (Å²) in [4.78, 5) is 4.61.